The molecule has 0 N–H and O–H groups in total. The quantitative estimate of drug-likeness (QED) is 0.417. The molecule has 0 saturated carbocycles. The maximum absolute atomic E-state index is 2.57. The first-order valence-corrected chi connectivity index (χ1v) is 14.1. The molecular weight excluding hydrogens is 364 g/mol. The molecule has 0 aliphatic heterocycles. The van der Waals surface area contributed by atoms with Gasteiger partial charge in [-0.1, -0.05) is 108 Å². The molecule has 0 fully saturated rings. The van der Waals surface area contributed by atoms with Crippen LogP contribution in [0.15, 0.2) is 48.6 Å². The molecule has 29 heavy (non-hydrogen) atoms. The Morgan fingerprint density at radius 2 is 1.41 bits per heavy atom. The summed E-state index contributed by atoms with van der Waals surface area (Å²) >= 11 is 0. The molecule has 0 amide bonds. The summed E-state index contributed by atoms with van der Waals surface area (Å²) < 4.78 is 0. The normalized spacial score (nSPS) is 16.0. The van der Waals surface area contributed by atoms with E-state index in [1.54, 1.807) is 27.4 Å². The van der Waals surface area contributed by atoms with Crippen molar-refractivity contribution in [2.75, 3.05) is 0 Å². The fourth-order valence-corrected chi connectivity index (χ4v) is 7.48. The van der Waals surface area contributed by atoms with E-state index < -0.39 is 8.80 Å². The lowest BCUT2D eigenvalue weighted by Gasteiger charge is -2.30. The second-order valence-corrected chi connectivity index (χ2v) is 14.1. The van der Waals surface area contributed by atoms with Crippen molar-refractivity contribution >= 4 is 14.0 Å². The Kier molecular flexibility index (Phi) is 4.81. The van der Waals surface area contributed by atoms with E-state index >= 15 is 0 Å². The Labute approximate surface area is 179 Å². The Balaban J connectivity index is 2.07. The Morgan fingerprint density at radius 3 is 1.97 bits per heavy atom. The fraction of sp³-hybridized carbons (Fsp3) is 0.429. The van der Waals surface area contributed by atoms with E-state index in [-0.39, 0.29) is 10.8 Å². The molecule has 0 bridgehead atoms. The third kappa shape index (κ3) is 3.38. The molecule has 4 rings (SSSR count). The van der Waals surface area contributed by atoms with Crippen LogP contribution in [-0.4, -0.2) is 8.80 Å². The van der Waals surface area contributed by atoms with Gasteiger partial charge in [0.25, 0.3) is 0 Å². The monoisotopic (exact) mass is 400 g/mol. The van der Waals surface area contributed by atoms with Gasteiger partial charge in [-0.15, -0.1) is 0 Å². The van der Waals surface area contributed by atoms with Crippen LogP contribution in [0.4, 0.5) is 0 Å². The van der Waals surface area contributed by atoms with Gasteiger partial charge in [0, 0.05) is 5.92 Å². The molecule has 0 unspecified atom stereocenters. The summed E-state index contributed by atoms with van der Waals surface area (Å²) in [5.41, 5.74) is 11.2. The van der Waals surface area contributed by atoms with Crippen LogP contribution in [0.25, 0.3) is 11.1 Å². The number of hydrogen-bond donors (Lipinski definition) is 0. The average Bonchev–Trinajstić information content (AvgIpc) is 3.25. The molecule has 2 aromatic carbocycles. The molecule has 2 aliphatic rings. The van der Waals surface area contributed by atoms with Crippen molar-refractivity contribution in [1.82, 2.24) is 0 Å². The van der Waals surface area contributed by atoms with Gasteiger partial charge in [-0.25, -0.2) is 0 Å². The zero-order valence-corrected chi connectivity index (χ0v) is 20.6. The summed E-state index contributed by atoms with van der Waals surface area (Å²) in [7, 11) is -1.01. The first-order valence-electron chi connectivity index (χ1n) is 11.2. The maximum Gasteiger partial charge on any atom is 0.0655 e. The van der Waals surface area contributed by atoms with Crippen molar-refractivity contribution in [2.24, 2.45) is 0 Å². The lowest BCUT2D eigenvalue weighted by Crippen LogP contribution is -2.37. The van der Waals surface area contributed by atoms with Gasteiger partial charge in [0.1, 0.15) is 0 Å². The van der Waals surface area contributed by atoms with Crippen LogP contribution in [0.2, 0.25) is 13.1 Å². The highest BCUT2D eigenvalue weighted by Gasteiger charge is 2.34. The van der Waals surface area contributed by atoms with Gasteiger partial charge in [0.05, 0.1) is 8.80 Å². The van der Waals surface area contributed by atoms with Gasteiger partial charge in [-0.3, -0.25) is 0 Å². The van der Waals surface area contributed by atoms with E-state index in [2.05, 4.69) is 103 Å². The predicted molar refractivity (Wildman–Crippen MR) is 132 cm³/mol. The van der Waals surface area contributed by atoms with Crippen molar-refractivity contribution in [3.05, 3.63) is 76.4 Å². The second-order valence-electron chi connectivity index (χ2n) is 11.2. The van der Waals surface area contributed by atoms with Gasteiger partial charge in [0.15, 0.2) is 0 Å². The third-order valence-electron chi connectivity index (χ3n) is 6.61. The zero-order chi connectivity index (χ0) is 21.1. The lowest BCUT2D eigenvalue weighted by molar-refractivity contribution is 0.585. The average molecular weight is 401 g/mol. The lowest BCUT2D eigenvalue weighted by atomic mass is 9.80. The number of allylic oxidation sites excluding steroid dienone is 4. The van der Waals surface area contributed by atoms with E-state index in [4.69, 9.17) is 0 Å². The summed E-state index contributed by atoms with van der Waals surface area (Å²) in [4.78, 5) is 0. The fourth-order valence-electron chi connectivity index (χ4n) is 5.35. The molecule has 2 aliphatic carbocycles. The van der Waals surface area contributed by atoms with Crippen LogP contribution in [0.5, 0.6) is 0 Å². The van der Waals surface area contributed by atoms with E-state index in [1.807, 2.05) is 0 Å². The standard InChI is InChI=1S/C28H36Si/c1-27(2,3)23-15-11-14-19-20-17-24(28(4,5)6)26(29(7)8)25(18-12-9-10-13-18)22(20)16-21(19)23/h9-15,17-18,29H,16H2,1-8H3. The first-order chi connectivity index (χ1) is 13.5. The molecule has 0 nitrogen and oxygen atoms in total. The number of hydrogen-bond acceptors (Lipinski definition) is 0. The summed E-state index contributed by atoms with van der Waals surface area (Å²) in [5.74, 6) is 0.434. The van der Waals surface area contributed by atoms with Crippen molar-refractivity contribution in [2.45, 2.75) is 77.8 Å². The van der Waals surface area contributed by atoms with Gasteiger partial charge in [0.2, 0.25) is 0 Å². The molecule has 2 aromatic rings. The molecule has 0 heterocycles. The van der Waals surface area contributed by atoms with Crippen molar-refractivity contribution in [3.8, 4) is 11.1 Å². The first kappa shape index (κ1) is 20.4. The van der Waals surface area contributed by atoms with Crippen molar-refractivity contribution in [3.63, 3.8) is 0 Å². The predicted octanol–water partition coefficient (Wildman–Crippen LogP) is 6.76. The Bertz CT molecular complexity index is 1010. The Hall–Kier alpha value is -1.86. The van der Waals surface area contributed by atoms with E-state index in [0.717, 1.165) is 6.42 Å². The summed E-state index contributed by atoms with van der Waals surface area (Å²) in [6.07, 6.45) is 10.3. The Morgan fingerprint density at radius 1 is 0.793 bits per heavy atom. The third-order valence-corrected chi connectivity index (χ3v) is 8.39. The summed E-state index contributed by atoms with van der Waals surface area (Å²) in [6.45, 7) is 19.2. The number of rotatable bonds is 2. The van der Waals surface area contributed by atoms with Crippen LogP contribution in [0.1, 0.15) is 75.3 Å². The highest BCUT2D eigenvalue weighted by Crippen LogP contribution is 2.46. The van der Waals surface area contributed by atoms with Crippen LogP contribution < -0.4 is 5.19 Å². The van der Waals surface area contributed by atoms with Gasteiger partial charge < -0.3 is 0 Å². The minimum absolute atomic E-state index is 0.160. The van der Waals surface area contributed by atoms with E-state index in [0.29, 0.717) is 5.92 Å². The maximum atomic E-state index is 2.57. The summed E-state index contributed by atoms with van der Waals surface area (Å²) in [5, 5.41) is 1.71. The molecular formula is C28H36Si. The number of benzene rings is 2. The topological polar surface area (TPSA) is 0 Å². The van der Waals surface area contributed by atoms with Crippen LogP contribution >= 0.6 is 0 Å². The highest BCUT2D eigenvalue weighted by molar-refractivity contribution is 6.71. The van der Waals surface area contributed by atoms with Crippen molar-refractivity contribution < 1.29 is 0 Å². The van der Waals surface area contributed by atoms with E-state index in [1.165, 1.54) is 16.7 Å². The molecule has 0 saturated heterocycles. The van der Waals surface area contributed by atoms with E-state index in [9.17, 15) is 0 Å². The largest absolute Gasteiger partial charge is 0.0732 e. The van der Waals surface area contributed by atoms with Crippen LogP contribution in [0.3, 0.4) is 0 Å². The minimum Gasteiger partial charge on any atom is -0.0732 e. The van der Waals surface area contributed by atoms with Crippen molar-refractivity contribution in [1.29, 1.82) is 0 Å². The molecule has 0 spiro atoms. The second kappa shape index (κ2) is 6.84. The SMILES string of the molecule is C[SiH](C)c1c(C(C)(C)C)cc2c(c1C1C=CC=C1)Cc1c-2cccc1C(C)(C)C. The molecule has 1 heteroatoms. The molecule has 0 radical (unpaired) electrons. The van der Waals surface area contributed by atoms with Gasteiger partial charge >= 0.3 is 0 Å². The minimum atomic E-state index is -1.01. The number of fused-ring (bicyclic) bond motifs is 3. The molecule has 0 atom stereocenters. The zero-order valence-electron chi connectivity index (χ0n) is 19.5. The molecule has 0 aromatic heterocycles. The van der Waals surface area contributed by atoms with Crippen LogP contribution in [0, 0.1) is 0 Å². The van der Waals surface area contributed by atoms with Gasteiger partial charge in [-0.05, 0) is 56.2 Å². The summed E-state index contributed by atoms with van der Waals surface area (Å²) in [6, 6.07) is 9.55. The smallest absolute Gasteiger partial charge is 0.0655 e. The van der Waals surface area contributed by atoms with Crippen LogP contribution in [-0.2, 0) is 17.3 Å². The van der Waals surface area contributed by atoms with Gasteiger partial charge in [-0.2, -0.15) is 0 Å². The molecule has 152 valence electrons. The highest BCUT2D eigenvalue weighted by atomic mass is 28.3.